The number of rotatable bonds is 8. The molecule has 0 radical (unpaired) electrons. The van der Waals surface area contributed by atoms with Gasteiger partial charge in [-0.2, -0.15) is 13.2 Å². The van der Waals surface area contributed by atoms with Crippen LogP contribution < -0.4 is 5.32 Å². The second-order valence-electron chi connectivity index (χ2n) is 8.51. The first-order chi connectivity index (χ1) is 14.0. The lowest BCUT2D eigenvalue weighted by Gasteiger charge is -2.37. The van der Waals surface area contributed by atoms with Crippen molar-refractivity contribution in [2.75, 3.05) is 11.9 Å². The maximum Gasteiger partial charge on any atom is 0.417 e. The molecule has 3 rings (SSSR count). The van der Waals surface area contributed by atoms with Crippen molar-refractivity contribution in [2.45, 2.75) is 57.2 Å². The standard InChI is InChI=1S/C23H28F3N3O/c1-4-10-27-20-12-16-11-18(29-19(16)14-28-20)13-22(30,23(24,25)26)15-21(2,3)17-8-6-5-7-9-17/h5-9,11-12,14,29-30H,4,10,13,15H2,1-3H3,(H,27,28). The fourth-order valence-corrected chi connectivity index (χ4v) is 3.84. The highest BCUT2D eigenvalue weighted by Crippen LogP contribution is 2.43. The Morgan fingerprint density at radius 2 is 1.80 bits per heavy atom. The van der Waals surface area contributed by atoms with Crippen LogP contribution in [0.3, 0.4) is 0 Å². The van der Waals surface area contributed by atoms with Gasteiger partial charge < -0.3 is 15.4 Å². The van der Waals surface area contributed by atoms with Crippen molar-refractivity contribution in [1.82, 2.24) is 9.97 Å². The van der Waals surface area contributed by atoms with Crippen LogP contribution >= 0.6 is 0 Å². The number of aromatic nitrogens is 2. The molecule has 0 aliphatic rings. The highest BCUT2D eigenvalue weighted by atomic mass is 19.4. The minimum atomic E-state index is -4.78. The third-order valence-corrected chi connectivity index (χ3v) is 5.42. The molecule has 2 aromatic heterocycles. The Hall–Kier alpha value is -2.54. The van der Waals surface area contributed by atoms with Crippen LogP contribution in [0.15, 0.2) is 48.7 Å². The Balaban J connectivity index is 1.89. The van der Waals surface area contributed by atoms with Crippen LogP contribution in [0, 0.1) is 0 Å². The number of aromatic amines is 1. The zero-order valence-corrected chi connectivity index (χ0v) is 17.5. The third kappa shape index (κ3) is 4.78. The Morgan fingerprint density at radius 3 is 2.43 bits per heavy atom. The summed E-state index contributed by atoms with van der Waals surface area (Å²) in [6, 6.07) is 12.4. The molecule has 0 saturated carbocycles. The molecule has 4 nitrogen and oxygen atoms in total. The van der Waals surface area contributed by atoms with E-state index < -0.39 is 30.0 Å². The lowest BCUT2D eigenvalue weighted by atomic mass is 9.73. The van der Waals surface area contributed by atoms with Gasteiger partial charge in [0, 0.05) is 24.0 Å². The number of nitrogens with one attached hydrogen (secondary N) is 2. The largest absolute Gasteiger partial charge is 0.417 e. The third-order valence-electron chi connectivity index (χ3n) is 5.42. The summed E-state index contributed by atoms with van der Waals surface area (Å²) < 4.78 is 42.0. The predicted octanol–water partition coefficient (Wildman–Crippen LogP) is 5.59. The number of benzene rings is 1. The average Bonchev–Trinajstić information content (AvgIpc) is 3.06. The van der Waals surface area contributed by atoms with Gasteiger partial charge in [-0.3, -0.25) is 0 Å². The maximum atomic E-state index is 14.0. The van der Waals surface area contributed by atoms with E-state index in [1.165, 1.54) is 0 Å². The van der Waals surface area contributed by atoms with Gasteiger partial charge in [-0.25, -0.2) is 4.98 Å². The fraction of sp³-hybridized carbons (Fsp3) is 0.435. The molecular formula is C23H28F3N3O. The van der Waals surface area contributed by atoms with Crippen molar-refractivity contribution in [3.8, 4) is 0 Å². The van der Waals surface area contributed by atoms with E-state index in [-0.39, 0.29) is 0 Å². The molecule has 0 bridgehead atoms. The molecule has 0 aliphatic carbocycles. The van der Waals surface area contributed by atoms with E-state index in [1.807, 2.05) is 13.0 Å². The number of fused-ring (bicyclic) bond motifs is 1. The quantitative estimate of drug-likeness (QED) is 0.446. The number of hydrogen-bond donors (Lipinski definition) is 3. The Morgan fingerprint density at radius 1 is 1.10 bits per heavy atom. The summed E-state index contributed by atoms with van der Waals surface area (Å²) in [6.07, 6.45) is -3.25. The van der Waals surface area contributed by atoms with E-state index in [1.54, 1.807) is 56.4 Å². The van der Waals surface area contributed by atoms with Gasteiger partial charge in [0.2, 0.25) is 0 Å². The average molecular weight is 419 g/mol. The van der Waals surface area contributed by atoms with Crippen LogP contribution in [0.2, 0.25) is 0 Å². The van der Waals surface area contributed by atoms with Crippen LogP contribution in [-0.2, 0) is 11.8 Å². The van der Waals surface area contributed by atoms with Crippen molar-refractivity contribution in [3.05, 3.63) is 59.9 Å². The van der Waals surface area contributed by atoms with Crippen LogP contribution in [0.5, 0.6) is 0 Å². The van der Waals surface area contributed by atoms with Gasteiger partial charge in [-0.05, 0) is 36.0 Å². The van der Waals surface area contributed by atoms with Gasteiger partial charge in [-0.1, -0.05) is 51.1 Å². The number of alkyl halides is 3. The number of halogens is 3. The number of H-pyrrole nitrogens is 1. The SMILES string of the molecule is CCCNc1cc2cc(CC(O)(CC(C)(C)c3ccccc3)C(F)(F)F)[nH]c2cn1. The number of aliphatic hydroxyl groups is 1. The Kier molecular flexibility index (Phi) is 6.13. The van der Waals surface area contributed by atoms with Gasteiger partial charge in [0.05, 0.1) is 11.7 Å². The van der Waals surface area contributed by atoms with Gasteiger partial charge in [0.25, 0.3) is 0 Å². The number of nitrogens with zero attached hydrogens (tertiary/aromatic N) is 1. The molecule has 0 spiro atoms. The molecule has 0 amide bonds. The molecule has 7 heteroatoms. The van der Waals surface area contributed by atoms with Gasteiger partial charge >= 0.3 is 6.18 Å². The second-order valence-corrected chi connectivity index (χ2v) is 8.51. The smallest absolute Gasteiger partial charge is 0.380 e. The molecular weight excluding hydrogens is 391 g/mol. The van der Waals surface area contributed by atoms with Crippen LogP contribution in [0.25, 0.3) is 10.9 Å². The van der Waals surface area contributed by atoms with E-state index in [4.69, 9.17) is 0 Å². The minimum Gasteiger partial charge on any atom is -0.380 e. The summed E-state index contributed by atoms with van der Waals surface area (Å²) >= 11 is 0. The van der Waals surface area contributed by atoms with E-state index in [2.05, 4.69) is 15.3 Å². The molecule has 1 unspecified atom stereocenters. The van der Waals surface area contributed by atoms with Crippen molar-refractivity contribution in [3.63, 3.8) is 0 Å². The molecule has 0 saturated heterocycles. The first-order valence-corrected chi connectivity index (χ1v) is 10.1. The Labute approximate surface area is 174 Å². The van der Waals surface area contributed by atoms with E-state index >= 15 is 0 Å². The molecule has 162 valence electrons. The maximum absolute atomic E-state index is 14.0. The predicted molar refractivity (Wildman–Crippen MR) is 114 cm³/mol. The molecule has 3 N–H and O–H groups in total. The zero-order chi connectivity index (χ0) is 22.0. The number of pyridine rings is 1. The first kappa shape index (κ1) is 22.2. The minimum absolute atomic E-state index is 0.322. The lowest BCUT2D eigenvalue weighted by Crippen LogP contribution is -2.50. The van der Waals surface area contributed by atoms with Crippen LogP contribution in [0.1, 0.15) is 44.9 Å². The van der Waals surface area contributed by atoms with Gasteiger partial charge in [-0.15, -0.1) is 0 Å². The number of anilines is 1. The van der Waals surface area contributed by atoms with E-state index in [0.717, 1.165) is 23.9 Å². The summed E-state index contributed by atoms with van der Waals surface area (Å²) in [5.41, 5.74) is -2.03. The monoisotopic (exact) mass is 419 g/mol. The summed E-state index contributed by atoms with van der Waals surface area (Å²) in [4.78, 5) is 7.26. The second kappa shape index (κ2) is 8.30. The molecule has 0 aliphatic heterocycles. The summed E-state index contributed by atoms with van der Waals surface area (Å²) in [5, 5.41) is 14.7. The molecule has 0 fully saturated rings. The highest BCUT2D eigenvalue weighted by molar-refractivity contribution is 5.82. The lowest BCUT2D eigenvalue weighted by molar-refractivity contribution is -0.266. The molecule has 3 aromatic rings. The van der Waals surface area contributed by atoms with E-state index in [0.29, 0.717) is 17.0 Å². The Bertz CT molecular complexity index is 982. The fourth-order valence-electron chi connectivity index (χ4n) is 3.84. The topological polar surface area (TPSA) is 60.9 Å². The van der Waals surface area contributed by atoms with Gasteiger partial charge in [0.15, 0.2) is 5.60 Å². The summed E-state index contributed by atoms with van der Waals surface area (Å²) in [7, 11) is 0. The summed E-state index contributed by atoms with van der Waals surface area (Å²) in [6.45, 7) is 6.24. The molecule has 1 atom stereocenters. The molecule has 1 aromatic carbocycles. The van der Waals surface area contributed by atoms with E-state index in [9.17, 15) is 18.3 Å². The van der Waals surface area contributed by atoms with Crippen molar-refractivity contribution < 1.29 is 18.3 Å². The van der Waals surface area contributed by atoms with Crippen LogP contribution in [0.4, 0.5) is 19.0 Å². The van der Waals surface area contributed by atoms with Crippen molar-refractivity contribution in [2.24, 2.45) is 0 Å². The van der Waals surface area contributed by atoms with Crippen LogP contribution in [-0.4, -0.2) is 33.4 Å². The van der Waals surface area contributed by atoms with Crippen molar-refractivity contribution in [1.29, 1.82) is 0 Å². The first-order valence-electron chi connectivity index (χ1n) is 10.1. The number of hydrogen-bond acceptors (Lipinski definition) is 3. The molecule has 2 heterocycles. The normalized spacial score (nSPS) is 14.6. The zero-order valence-electron chi connectivity index (χ0n) is 17.5. The molecule has 30 heavy (non-hydrogen) atoms. The van der Waals surface area contributed by atoms with Gasteiger partial charge in [0.1, 0.15) is 5.82 Å². The summed E-state index contributed by atoms with van der Waals surface area (Å²) in [5.74, 6) is 0.672. The van der Waals surface area contributed by atoms with Crippen molar-refractivity contribution >= 4 is 16.7 Å². The highest BCUT2D eigenvalue weighted by Gasteiger charge is 2.56.